The second-order valence-corrected chi connectivity index (χ2v) is 4.24. The highest BCUT2D eigenvalue weighted by atomic mass is 16.5. The molecular formula is C14H17NO2. The summed E-state index contributed by atoms with van der Waals surface area (Å²) in [5.74, 6) is -0.215. The van der Waals surface area contributed by atoms with Crippen molar-refractivity contribution in [2.75, 3.05) is 20.2 Å². The zero-order valence-corrected chi connectivity index (χ0v) is 10.2. The lowest BCUT2D eigenvalue weighted by Crippen LogP contribution is -2.26. The van der Waals surface area contributed by atoms with Gasteiger partial charge < -0.3 is 4.74 Å². The van der Waals surface area contributed by atoms with Gasteiger partial charge in [0.2, 0.25) is 0 Å². The van der Waals surface area contributed by atoms with Gasteiger partial charge in [0.15, 0.2) is 0 Å². The average Bonchev–Trinajstić information content (AvgIpc) is 2.87. The largest absolute Gasteiger partial charge is 0.466 e. The number of methoxy groups -OCH3 is 1. The lowest BCUT2D eigenvalue weighted by atomic mass is 10.1. The van der Waals surface area contributed by atoms with Crippen molar-refractivity contribution in [1.82, 2.24) is 4.90 Å². The van der Waals surface area contributed by atoms with Crippen LogP contribution < -0.4 is 0 Å². The number of rotatable bonds is 3. The predicted octanol–water partition coefficient (Wildman–Crippen LogP) is 2.16. The summed E-state index contributed by atoms with van der Waals surface area (Å²) >= 11 is 0. The van der Waals surface area contributed by atoms with Gasteiger partial charge in [0, 0.05) is 24.7 Å². The Bertz CT molecular complexity index is 425. The molecule has 1 atom stereocenters. The lowest BCUT2D eigenvalue weighted by Gasteiger charge is -2.24. The van der Waals surface area contributed by atoms with Gasteiger partial charge >= 0.3 is 5.97 Å². The Morgan fingerprint density at radius 1 is 1.35 bits per heavy atom. The first-order valence-corrected chi connectivity index (χ1v) is 5.78. The zero-order valence-electron chi connectivity index (χ0n) is 10.2. The van der Waals surface area contributed by atoms with Crippen molar-refractivity contribution in [3.8, 4) is 0 Å². The molecule has 1 aliphatic heterocycles. The first kappa shape index (κ1) is 11.9. The molecule has 0 spiro atoms. The number of benzene rings is 1. The maximum Gasteiger partial charge on any atom is 0.334 e. The Hall–Kier alpha value is -1.61. The van der Waals surface area contributed by atoms with Crippen molar-refractivity contribution >= 4 is 5.97 Å². The number of ether oxygens (including phenoxy) is 1. The summed E-state index contributed by atoms with van der Waals surface area (Å²) < 4.78 is 4.73. The number of nitrogens with zero attached hydrogens (tertiary/aromatic N) is 1. The van der Waals surface area contributed by atoms with E-state index in [1.165, 1.54) is 12.7 Å². The molecule has 3 nitrogen and oxygen atoms in total. The first-order chi connectivity index (χ1) is 8.22. The Balaban J connectivity index is 2.01. The Labute approximate surface area is 102 Å². The van der Waals surface area contributed by atoms with Crippen LogP contribution in [0.15, 0.2) is 42.0 Å². The van der Waals surface area contributed by atoms with Crippen LogP contribution in [0.3, 0.4) is 0 Å². The quantitative estimate of drug-likeness (QED) is 0.747. The molecule has 0 radical (unpaired) electrons. The molecule has 0 N–H and O–H groups in total. The van der Waals surface area contributed by atoms with Gasteiger partial charge in [0.1, 0.15) is 0 Å². The molecule has 3 heteroatoms. The van der Waals surface area contributed by atoms with Crippen LogP contribution in [0.4, 0.5) is 0 Å². The molecule has 90 valence electrons. The second kappa shape index (κ2) is 5.15. The highest BCUT2D eigenvalue weighted by molar-refractivity contribution is 5.89. The molecule has 0 amide bonds. The van der Waals surface area contributed by atoms with Gasteiger partial charge in [-0.3, -0.25) is 4.90 Å². The van der Waals surface area contributed by atoms with E-state index in [9.17, 15) is 4.79 Å². The van der Waals surface area contributed by atoms with Gasteiger partial charge in [-0.2, -0.15) is 0 Å². The summed E-state index contributed by atoms with van der Waals surface area (Å²) in [4.78, 5) is 13.7. The molecule has 0 unspecified atom stereocenters. The molecule has 2 rings (SSSR count). The summed E-state index contributed by atoms with van der Waals surface area (Å²) in [6.45, 7) is 3.63. The second-order valence-electron chi connectivity index (χ2n) is 4.24. The van der Waals surface area contributed by atoms with E-state index in [1.54, 1.807) is 0 Å². The van der Waals surface area contributed by atoms with E-state index in [4.69, 9.17) is 4.74 Å². The Morgan fingerprint density at radius 2 is 2.06 bits per heavy atom. The Morgan fingerprint density at radius 3 is 2.71 bits per heavy atom. The van der Waals surface area contributed by atoms with Crippen molar-refractivity contribution in [3.63, 3.8) is 0 Å². The van der Waals surface area contributed by atoms with Crippen molar-refractivity contribution < 1.29 is 9.53 Å². The molecule has 0 aliphatic carbocycles. The maximum atomic E-state index is 11.4. The highest BCUT2D eigenvalue weighted by Crippen LogP contribution is 2.24. The molecule has 17 heavy (non-hydrogen) atoms. The van der Waals surface area contributed by atoms with Crippen LogP contribution in [-0.4, -0.2) is 31.1 Å². The number of hydrogen-bond acceptors (Lipinski definition) is 3. The van der Waals surface area contributed by atoms with Crippen LogP contribution in [-0.2, 0) is 9.53 Å². The molecule has 0 saturated heterocycles. The molecule has 1 heterocycles. The van der Waals surface area contributed by atoms with E-state index in [0.29, 0.717) is 12.6 Å². The van der Waals surface area contributed by atoms with Gasteiger partial charge in [0.25, 0.3) is 0 Å². The minimum Gasteiger partial charge on any atom is -0.466 e. The van der Waals surface area contributed by atoms with Crippen LogP contribution in [0.1, 0.15) is 18.5 Å². The van der Waals surface area contributed by atoms with Crippen molar-refractivity contribution in [3.05, 3.63) is 47.5 Å². The third kappa shape index (κ3) is 2.56. The molecule has 0 aromatic heterocycles. The maximum absolute atomic E-state index is 11.4. The van der Waals surface area contributed by atoms with E-state index in [-0.39, 0.29) is 5.97 Å². The number of esters is 1. The molecule has 1 aromatic rings. The van der Waals surface area contributed by atoms with Crippen LogP contribution in [0, 0.1) is 0 Å². The van der Waals surface area contributed by atoms with Crippen LogP contribution in [0.5, 0.6) is 0 Å². The van der Waals surface area contributed by atoms with Crippen LogP contribution >= 0.6 is 0 Å². The summed E-state index contributed by atoms with van der Waals surface area (Å²) in [5, 5.41) is 0. The average molecular weight is 231 g/mol. The van der Waals surface area contributed by atoms with E-state index in [2.05, 4.69) is 24.0 Å². The topological polar surface area (TPSA) is 29.5 Å². The Kier molecular flexibility index (Phi) is 3.59. The van der Waals surface area contributed by atoms with Crippen molar-refractivity contribution in [1.29, 1.82) is 0 Å². The predicted molar refractivity (Wildman–Crippen MR) is 66.5 cm³/mol. The molecular weight excluding hydrogens is 214 g/mol. The molecule has 0 saturated carbocycles. The summed E-state index contributed by atoms with van der Waals surface area (Å²) in [7, 11) is 1.42. The number of hydrogen-bond donors (Lipinski definition) is 0. The van der Waals surface area contributed by atoms with Gasteiger partial charge in [-0.25, -0.2) is 4.79 Å². The molecule has 0 fully saturated rings. The van der Waals surface area contributed by atoms with E-state index >= 15 is 0 Å². The van der Waals surface area contributed by atoms with Crippen molar-refractivity contribution in [2.24, 2.45) is 0 Å². The minimum absolute atomic E-state index is 0.215. The zero-order chi connectivity index (χ0) is 12.3. The van der Waals surface area contributed by atoms with E-state index in [1.807, 2.05) is 24.3 Å². The number of carbonyl (C=O) groups excluding carboxylic acids is 1. The third-order valence-electron chi connectivity index (χ3n) is 3.22. The molecule has 1 aromatic carbocycles. The van der Waals surface area contributed by atoms with E-state index < -0.39 is 0 Å². The third-order valence-corrected chi connectivity index (χ3v) is 3.22. The number of carbonyl (C=O) groups is 1. The fraction of sp³-hybridized carbons (Fsp3) is 0.357. The van der Waals surface area contributed by atoms with Crippen molar-refractivity contribution in [2.45, 2.75) is 13.0 Å². The normalized spacial score (nSPS) is 17.6. The highest BCUT2D eigenvalue weighted by Gasteiger charge is 2.24. The van der Waals surface area contributed by atoms with Gasteiger partial charge in [-0.1, -0.05) is 36.4 Å². The fourth-order valence-electron chi connectivity index (χ4n) is 2.09. The smallest absolute Gasteiger partial charge is 0.334 e. The van der Waals surface area contributed by atoms with Crippen LogP contribution in [0.2, 0.25) is 0 Å². The van der Waals surface area contributed by atoms with E-state index in [0.717, 1.165) is 12.1 Å². The van der Waals surface area contributed by atoms with Crippen LogP contribution in [0.25, 0.3) is 0 Å². The SMILES string of the molecule is COC(=O)C1=CCN([C@H](C)c2ccccc2)C1. The van der Waals surface area contributed by atoms with Gasteiger partial charge in [-0.15, -0.1) is 0 Å². The summed E-state index contributed by atoms with van der Waals surface area (Å²) in [5.41, 5.74) is 2.03. The monoisotopic (exact) mass is 231 g/mol. The summed E-state index contributed by atoms with van der Waals surface area (Å²) in [6.07, 6.45) is 1.95. The molecule has 0 bridgehead atoms. The first-order valence-electron chi connectivity index (χ1n) is 5.78. The molecule has 1 aliphatic rings. The fourth-order valence-corrected chi connectivity index (χ4v) is 2.09. The lowest BCUT2D eigenvalue weighted by molar-refractivity contribution is -0.136. The summed E-state index contributed by atoms with van der Waals surface area (Å²) in [6, 6.07) is 10.6. The standard InChI is InChI=1S/C14H17NO2/c1-11(12-6-4-3-5-7-12)15-9-8-13(10-15)14(16)17-2/h3-8,11H,9-10H2,1-2H3/t11-/m1/s1. The minimum atomic E-state index is -0.215. The van der Waals surface area contributed by atoms with Gasteiger partial charge in [-0.05, 0) is 12.5 Å². The van der Waals surface area contributed by atoms with Gasteiger partial charge in [0.05, 0.1) is 7.11 Å².